The fourth-order valence-corrected chi connectivity index (χ4v) is 2.05. The SMILES string of the molecule is C=C(CNC)CN1CCC(COC)C1. The van der Waals surface area contributed by atoms with E-state index in [1.807, 2.05) is 7.05 Å². The molecule has 3 heteroatoms. The van der Waals surface area contributed by atoms with Gasteiger partial charge >= 0.3 is 0 Å². The smallest absolute Gasteiger partial charge is 0.0503 e. The van der Waals surface area contributed by atoms with Gasteiger partial charge in [-0.05, 0) is 31.5 Å². The molecule has 14 heavy (non-hydrogen) atoms. The van der Waals surface area contributed by atoms with Gasteiger partial charge in [0.2, 0.25) is 0 Å². The molecule has 1 rings (SSSR count). The summed E-state index contributed by atoms with van der Waals surface area (Å²) in [6, 6.07) is 0. The minimum absolute atomic E-state index is 0.724. The summed E-state index contributed by atoms with van der Waals surface area (Å²) >= 11 is 0. The maximum absolute atomic E-state index is 5.17. The van der Waals surface area contributed by atoms with Crippen LogP contribution in [0, 0.1) is 5.92 Å². The summed E-state index contributed by atoms with van der Waals surface area (Å²) in [5, 5.41) is 3.13. The first-order chi connectivity index (χ1) is 6.76. The average molecular weight is 198 g/mol. The highest BCUT2D eigenvalue weighted by Crippen LogP contribution is 2.16. The lowest BCUT2D eigenvalue weighted by molar-refractivity contribution is 0.154. The number of likely N-dealkylation sites (N-methyl/N-ethyl adjacent to an activating group) is 1. The largest absolute Gasteiger partial charge is 0.384 e. The zero-order valence-electron chi connectivity index (χ0n) is 9.38. The molecule has 1 fully saturated rings. The first kappa shape index (κ1) is 11.7. The number of likely N-dealkylation sites (tertiary alicyclic amines) is 1. The van der Waals surface area contributed by atoms with Gasteiger partial charge in [-0.1, -0.05) is 6.58 Å². The van der Waals surface area contributed by atoms with E-state index in [4.69, 9.17) is 4.74 Å². The highest BCUT2D eigenvalue weighted by molar-refractivity contribution is 5.00. The van der Waals surface area contributed by atoms with Crippen LogP contribution >= 0.6 is 0 Å². The van der Waals surface area contributed by atoms with E-state index in [1.165, 1.54) is 18.5 Å². The molecule has 1 heterocycles. The molecule has 1 unspecified atom stereocenters. The molecule has 1 aliphatic rings. The van der Waals surface area contributed by atoms with E-state index >= 15 is 0 Å². The van der Waals surface area contributed by atoms with Gasteiger partial charge in [-0.2, -0.15) is 0 Å². The number of methoxy groups -OCH3 is 1. The third-order valence-electron chi connectivity index (χ3n) is 2.65. The second-order valence-corrected chi connectivity index (χ2v) is 4.13. The Morgan fingerprint density at radius 3 is 3.07 bits per heavy atom. The quantitative estimate of drug-likeness (QED) is 0.637. The Morgan fingerprint density at radius 1 is 1.64 bits per heavy atom. The van der Waals surface area contributed by atoms with Crippen molar-refractivity contribution in [3.05, 3.63) is 12.2 Å². The Kier molecular flexibility index (Phi) is 5.15. The monoisotopic (exact) mass is 198 g/mol. The Balaban J connectivity index is 2.18. The van der Waals surface area contributed by atoms with Gasteiger partial charge in [0.15, 0.2) is 0 Å². The molecule has 0 amide bonds. The molecule has 0 radical (unpaired) electrons. The highest BCUT2D eigenvalue weighted by atomic mass is 16.5. The van der Waals surface area contributed by atoms with Crippen LogP contribution in [0.4, 0.5) is 0 Å². The minimum atomic E-state index is 0.724. The Bertz CT molecular complexity index is 182. The van der Waals surface area contributed by atoms with E-state index in [2.05, 4.69) is 16.8 Å². The topological polar surface area (TPSA) is 24.5 Å². The Labute approximate surface area is 87.1 Å². The van der Waals surface area contributed by atoms with Gasteiger partial charge in [0.25, 0.3) is 0 Å². The second-order valence-electron chi connectivity index (χ2n) is 4.13. The van der Waals surface area contributed by atoms with Gasteiger partial charge in [-0.15, -0.1) is 0 Å². The van der Waals surface area contributed by atoms with Crippen molar-refractivity contribution in [3.63, 3.8) is 0 Å². The number of ether oxygens (including phenoxy) is 1. The third kappa shape index (κ3) is 3.78. The average Bonchev–Trinajstić information content (AvgIpc) is 2.53. The van der Waals surface area contributed by atoms with Gasteiger partial charge in [-0.25, -0.2) is 0 Å². The number of rotatable bonds is 6. The lowest BCUT2D eigenvalue weighted by Crippen LogP contribution is -2.27. The van der Waals surface area contributed by atoms with Crippen LogP contribution in [0.2, 0.25) is 0 Å². The maximum Gasteiger partial charge on any atom is 0.0503 e. The van der Waals surface area contributed by atoms with Crippen LogP contribution in [-0.4, -0.2) is 51.8 Å². The number of hydrogen-bond donors (Lipinski definition) is 1. The molecule has 3 nitrogen and oxygen atoms in total. The molecule has 0 bridgehead atoms. The fourth-order valence-electron chi connectivity index (χ4n) is 2.05. The van der Waals surface area contributed by atoms with Crippen LogP contribution in [0.1, 0.15) is 6.42 Å². The minimum Gasteiger partial charge on any atom is -0.384 e. The van der Waals surface area contributed by atoms with Crippen molar-refractivity contribution in [1.29, 1.82) is 0 Å². The van der Waals surface area contributed by atoms with Gasteiger partial charge in [0.1, 0.15) is 0 Å². The first-order valence-electron chi connectivity index (χ1n) is 5.28. The normalized spacial score (nSPS) is 22.9. The van der Waals surface area contributed by atoms with E-state index in [0.717, 1.165) is 32.2 Å². The van der Waals surface area contributed by atoms with Gasteiger partial charge < -0.3 is 10.1 Å². The molecule has 82 valence electrons. The maximum atomic E-state index is 5.17. The van der Waals surface area contributed by atoms with E-state index in [-0.39, 0.29) is 0 Å². The molecule has 0 aromatic rings. The standard InChI is InChI=1S/C11H22N2O/c1-10(6-12-2)7-13-5-4-11(8-13)9-14-3/h11-12H,1,4-9H2,2-3H3. The van der Waals surface area contributed by atoms with Crippen molar-refractivity contribution < 1.29 is 4.74 Å². The van der Waals surface area contributed by atoms with Crippen LogP contribution in [0.3, 0.4) is 0 Å². The van der Waals surface area contributed by atoms with Crippen molar-refractivity contribution in [2.45, 2.75) is 6.42 Å². The molecule has 1 N–H and O–H groups in total. The van der Waals surface area contributed by atoms with Gasteiger partial charge in [-0.3, -0.25) is 4.90 Å². The van der Waals surface area contributed by atoms with Crippen LogP contribution < -0.4 is 5.32 Å². The molecule has 0 saturated carbocycles. The number of nitrogens with zero attached hydrogens (tertiary/aromatic N) is 1. The molecule has 0 aromatic carbocycles. The summed E-state index contributed by atoms with van der Waals surface area (Å²) in [6.07, 6.45) is 1.26. The lowest BCUT2D eigenvalue weighted by Gasteiger charge is -2.17. The number of nitrogens with one attached hydrogen (secondary N) is 1. The van der Waals surface area contributed by atoms with Gasteiger partial charge in [0, 0.05) is 26.7 Å². The van der Waals surface area contributed by atoms with E-state index in [0.29, 0.717) is 0 Å². The van der Waals surface area contributed by atoms with Crippen LogP contribution in [-0.2, 0) is 4.74 Å². The van der Waals surface area contributed by atoms with E-state index in [9.17, 15) is 0 Å². The molecule has 0 aliphatic carbocycles. The van der Waals surface area contributed by atoms with Crippen molar-refractivity contribution >= 4 is 0 Å². The van der Waals surface area contributed by atoms with E-state index < -0.39 is 0 Å². The molecule has 1 saturated heterocycles. The zero-order chi connectivity index (χ0) is 10.4. The van der Waals surface area contributed by atoms with Crippen molar-refractivity contribution in [2.24, 2.45) is 5.92 Å². The molecular weight excluding hydrogens is 176 g/mol. The van der Waals surface area contributed by atoms with Crippen molar-refractivity contribution in [3.8, 4) is 0 Å². The molecular formula is C11H22N2O. The molecule has 1 atom stereocenters. The predicted octanol–water partition coefficient (Wildman–Crippen LogP) is 0.730. The fraction of sp³-hybridized carbons (Fsp3) is 0.818. The Morgan fingerprint density at radius 2 is 2.43 bits per heavy atom. The van der Waals surface area contributed by atoms with Crippen LogP contribution in [0.25, 0.3) is 0 Å². The summed E-state index contributed by atoms with van der Waals surface area (Å²) in [6.45, 7) is 9.25. The molecule has 0 aromatic heterocycles. The van der Waals surface area contributed by atoms with Crippen LogP contribution in [0.15, 0.2) is 12.2 Å². The number of hydrogen-bond acceptors (Lipinski definition) is 3. The van der Waals surface area contributed by atoms with Crippen LogP contribution in [0.5, 0.6) is 0 Å². The zero-order valence-corrected chi connectivity index (χ0v) is 9.38. The molecule has 1 aliphatic heterocycles. The second kappa shape index (κ2) is 6.17. The Hall–Kier alpha value is -0.380. The summed E-state index contributed by atoms with van der Waals surface area (Å²) < 4.78 is 5.17. The van der Waals surface area contributed by atoms with E-state index in [1.54, 1.807) is 7.11 Å². The predicted molar refractivity (Wildman–Crippen MR) is 59.5 cm³/mol. The molecule has 0 spiro atoms. The summed E-state index contributed by atoms with van der Waals surface area (Å²) in [4.78, 5) is 2.46. The van der Waals surface area contributed by atoms with Crippen molar-refractivity contribution in [1.82, 2.24) is 10.2 Å². The highest BCUT2D eigenvalue weighted by Gasteiger charge is 2.21. The lowest BCUT2D eigenvalue weighted by atomic mass is 10.1. The summed E-state index contributed by atoms with van der Waals surface area (Å²) in [5.74, 6) is 0.724. The third-order valence-corrected chi connectivity index (χ3v) is 2.65. The summed E-state index contributed by atoms with van der Waals surface area (Å²) in [7, 11) is 3.74. The van der Waals surface area contributed by atoms with Crippen molar-refractivity contribution in [2.75, 3.05) is 46.9 Å². The van der Waals surface area contributed by atoms with Gasteiger partial charge in [0.05, 0.1) is 6.61 Å². The first-order valence-corrected chi connectivity index (χ1v) is 5.28. The summed E-state index contributed by atoms with van der Waals surface area (Å²) in [5.41, 5.74) is 1.27.